The quantitative estimate of drug-likeness (QED) is 0.236. The Morgan fingerprint density at radius 3 is 1.68 bits per heavy atom. The van der Waals surface area contributed by atoms with Gasteiger partial charge in [0.2, 0.25) is 0 Å². The van der Waals surface area contributed by atoms with E-state index in [1.165, 1.54) is 70.3 Å². The van der Waals surface area contributed by atoms with Gasteiger partial charge < -0.3 is 11.6 Å². The molecule has 1 unspecified atom stereocenters. The van der Waals surface area contributed by atoms with Crippen molar-refractivity contribution in [2.24, 2.45) is 5.92 Å². The number of rotatable bonds is 17. The molecule has 0 aliphatic rings. The van der Waals surface area contributed by atoms with E-state index in [0.717, 1.165) is 19.3 Å². The van der Waals surface area contributed by atoms with Gasteiger partial charge in [-0.3, -0.25) is 9.59 Å². The van der Waals surface area contributed by atoms with Crippen LogP contribution in [0, 0.1) is 5.92 Å². The number of carbonyl (C=O) groups is 2. The maximum atomic E-state index is 10.9. The van der Waals surface area contributed by atoms with E-state index >= 15 is 0 Å². The normalized spacial score (nSPS) is 12.0. The number of aliphatic carboxylic acids is 2. The first kappa shape index (κ1) is 26.9. The number of carboxylic acids is 2. The average Bonchev–Trinajstić information content (AvgIpc) is 2.53. The van der Waals surface area contributed by atoms with Crippen LogP contribution in [0.4, 0.5) is 0 Å². The fourth-order valence-electron chi connectivity index (χ4n) is 2.79. The van der Waals surface area contributed by atoms with Gasteiger partial charge >= 0.3 is 41.5 Å². The first-order valence-electron chi connectivity index (χ1n) is 9.69. The summed E-state index contributed by atoms with van der Waals surface area (Å²) in [6, 6.07) is 0. The van der Waals surface area contributed by atoms with Gasteiger partial charge in [-0.05, 0) is 12.8 Å². The smallest absolute Gasteiger partial charge is 1.00 e. The molecule has 0 rings (SSSR count). The number of unbranched alkanes of at least 4 members (excludes halogenated alkanes) is 12. The Labute approximate surface area is 177 Å². The molecule has 0 aliphatic carbocycles. The molecule has 0 aliphatic heterocycles. The molecule has 0 fully saturated rings. The van der Waals surface area contributed by atoms with E-state index in [9.17, 15) is 9.59 Å². The van der Waals surface area contributed by atoms with Gasteiger partial charge in [0.15, 0.2) is 0 Å². The molecule has 2 N–H and O–H groups in total. The molecule has 0 aromatic heterocycles. The number of allylic oxidation sites excluding steroid dienone is 1. The first-order valence-corrected chi connectivity index (χ1v) is 9.69. The summed E-state index contributed by atoms with van der Waals surface area (Å²) in [6.45, 7) is 2.25. The van der Waals surface area contributed by atoms with Crippen molar-refractivity contribution >= 4 is 11.9 Å². The van der Waals surface area contributed by atoms with E-state index in [-0.39, 0.29) is 37.4 Å². The van der Waals surface area contributed by atoms with Crippen LogP contribution in [0.1, 0.15) is 98.2 Å². The van der Waals surface area contributed by atoms with Crippen molar-refractivity contribution in [3.05, 3.63) is 12.2 Å². The summed E-state index contributed by atoms with van der Waals surface area (Å²) >= 11 is 0. The van der Waals surface area contributed by atoms with Crippen LogP contribution in [0.15, 0.2) is 12.2 Å². The standard InChI is InChI=1S/C20H36O4.Na.H/c1-2-3-4-5-6-7-8-9-10-11-12-13-14-15-16-18(20(23)24)17-19(21)22;;/h15-16,18H,2-14,17H2,1H3,(H,21,22)(H,23,24);;/q;+1;-1. The molecule has 0 saturated carbocycles. The summed E-state index contributed by atoms with van der Waals surface area (Å²) in [5, 5.41) is 17.6. The Hall–Kier alpha value is -0.320. The zero-order valence-electron chi connectivity index (χ0n) is 17.3. The Morgan fingerprint density at radius 1 is 0.840 bits per heavy atom. The maximum Gasteiger partial charge on any atom is 1.00 e. The van der Waals surface area contributed by atoms with Crippen LogP contribution < -0.4 is 29.6 Å². The van der Waals surface area contributed by atoms with Gasteiger partial charge in [-0.1, -0.05) is 89.7 Å². The molecule has 0 radical (unpaired) electrons. The Kier molecular flexibility index (Phi) is 21.5. The second-order valence-electron chi connectivity index (χ2n) is 6.65. The summed E-state index contributed by atoms with van der Waals surface area (Å²) < 4.78 is 0. The minimum atomic E-state index is -1.07. The van der Waals surface area contributed by atoms with Crippen LogP contribution in [-0.4, -0.2) is 22.2 Å². The van der Waals surface area contributed by atoms with Crippen molar-refractivity contribution in [3.63, 3.8) is 0 Å². The van der Waals surface area contributed by atoms with Crippen molar-refractivity contribution in [3.8, 4) is 0 Å². The molecule has 25 heavy (non-hydrogen) atoms. The van der Waals surface area contributed by atoms with E-state index < -0.39 is 17.9 Å². The topological polar surface area (TPSA) is 74.6 Å². The van der Waals surface area contributed by atoms with Crippen molar-refractivity contribution in [1.29, 1.82) is 0 Å². The van der Waals surface area contributed by atoms with Gasteiger partial charge in [0, 0.05) is 0 Å². The summed E-state index contributed by atoms with van der Waals surface area (Å²) in [7, 11) is 0. The third-order valence-electron chi connectivity index (χ3n) is 4.30. The second kappa shape index (κ2) is 20.0. The van der Waals surface area contributed by atoms with E-state index in [0.29, 0.717) is 0 Å². The average molecular weight is 365 g/mol. The largest absolute Gasteiger partial charge is 1.00 e. The van der Waals surface area contributed by atoms with E-state index in [2.05, 4.69) is 6.92 Å². The van der Waals surface area contributed by atoms with Gasteiger partial charge in [-0.2, -0.15) is 0 Å². The van der Waals surface area contributed by atoms with Crippen LogP contribution in [0.25, 0.3) is 0 Å². The summed E-state index contributed by atoms with van der Waals surface area (Å²) in [5.41, 5.74) is 0. The van der Waals surface area contributed by atoms with E-state index in [1.807, 2.05) is 6.08 Å². The minimum absolute atomic E-state index is 0. The SMILES string of the molecule is CCCCCCCCCCCCCCC=CC(CC(=O)O)C(=O)O.[H-].[Na+]. The molecule has 0 spiro atoms. The molecule has 0 heterocycles. The molecule has 1 atom stereocenters. The minimum Gasteiger partial charge on any atom is -1.00 e. The zero-order valence-corrected chi connectivity index (χ0v) is 18.3. The van der Waals surface area contributed by atoms with Crippen LogP contribution >= 0.6 is 0 Å². The van der Waals surface area contributed by atoms with Gasteiger partial charge in [-0.25, -0.2) is 0 Å². The molecule has 5 heteroatoms. The van der Waals surface area contributed by atoms with Crippen molar-refractivity contribution in [2.45, 2.75) is 96.8 Å². The molecule has 4 nitrogen and oxygen atoms in total. The van der Waals surface area contributed by atoms with Crippen molar-refractivity contribution < 1.29 is 50.8 Å². The molecule has 142 valence electrons. The number of hydrogen-bond acceptors (Lipinski definition) is 2. The van der Waals surface area contributed by atoms with Crippen LogP contribution in [0.5, 0.6) is 0 Å². The molecule has 0 saturated heterocycles. The fraction of sp³-hybridized carbons (Fsp3) is 0.800. The molecular formula is C20H37NaO4. The monoisotopic (exact) mass is 364 g/mol. The van der Waals surface area contributed by atoms with Gasteiger partial charge in [-0.15, -0.1) is 0 Å². The molecule has 0 bridgehead atoms. The third-order valence-corrected chi connectivity index (χ3v) is 4.30. The Bertz CT molecular complexity index is 362. The van der Waals surface area contributed by atoms with Crippen molar-refractivity contribution in [1.82, 2.24) is 0 Å². The Morgan fingerprint density at radius 2 is 1.28 bits per heavy atom. The Balaban J connectivity index is -0.00000264. The fourth-order valence-corrected chi connectivity index (χ4v) is 2.79. The van der Waals surface area contributed by atoms with Crippen LogP contribution in [-0.2, 0) is 9.59 Å². The van der Waals surface area contributed by atoms with Gasteiger partial charge in [0.25, 0.3) is 0 Å². The molecule has 0 aromatic rings. The number of carboxylic acid groups (broad SMARTS) is 2. The van der Waals surface area contributed by atoms with E-state index in [4.69, 9.17) is 10.2 Å². The molecular weight excluding hydrogens is 327 g/mol. The maximum absolute atomic E-state index is 10.9. The summed E-state index contributed by atoms with van der Waals surface area (Å²) in [6.07, 6.45) is 19.4. The third kappa shape index (κ3) is 19.8. The summed E-state index contributed by atoms with van der Waals surface area (Å²) in [4.78, 5) is 21.5. The zero-order chi connectivity index (χ0) is 18.0. The number of hydrogen-bond donors (Lipinski definition) is 2. The van der Waals surface area contributed by atoms with Crippen molar-refractivity contribution in [2.75, 3.05) is 0 Å². The molecule has 0 amide bonds. The van der Waals surface area contributed by atoms with Gasteiger partial charge in [0.1, 0.15) is 0 Å². The van der Waals surface area contributed by atoms with E-state index in [1.54, 1.807) is 0 Å². The molecule has 0 aromatic carbocycles. The van der Waals surface area contributed by atoms with Crippen LogP contribution in [0.2, 0.25) is 0 Å². The predicted octanol–water partition coefficient (Wildman–Crippen LogP) is 2.93. The predicted molar refractivity (Wildman–Crippen MR) is 99.3 cm³/mol. The second-order valence-corrected chi connectivity index (χ2v) is 6.65. The van der Waals surface area contributed by atoms with Crippen LogP contribution in [0.3, 0.4) is 0 Å². The first-order chi connectivity index (χ1) is 11.6. The van der Waals surface area contributed by atoms with Gasteiger partial charge in [0.05, 0.1) is 12.3 Å². The summed E-state index contributed by atoms with van der Waals surface area (Å²) in [5.74, 6) is -3.04.